The summed E-state index contributed by atoms with van der Waals surface area (Å²) in [5.41, 5.74) is 5.93. The Labute approximate surface area is 148 Å². The second-order valence-electron chi connectivity index (χ2n) is 6.86. The van der Waals surface area contributed by atoms with E-state index in [4.69, 9.17) is 0 Å². The molecule has 1 rings (SSSR count). The van der Waals surface area contributed by atoms with Crippen LogP contribution in [0, 0.1) is 17.8 Å². The van der Waals surface area contributed by atoms with Gasteiger partial charge in [0, 0.05) is 10.8 Å². The third-order valence-corrected chi connectivity index (χ3v) is 5.13. The van der Waals surface area contributed by atoms with Crippen molar-refractivity contribution < 1.29 is 0 Å². The highest BCUT2D eigenvalue weighted by Crippen LogP contribution is 2.40. The van der Waals surface area contributed by atoms with Crippen LogP contribution >= 0.6 is 11.8 Å². The minimum atomic E-state index is 0.493. The van der Waals surface area contributed by atoms with Crippen molar-refractivity contribution in [1.82, 2.24) is 0 Å². The van der Waals surface area contributed by atoms with Crippen molar-refractivity contribution in [2.24, 2.45) is 17.8 Å². The first-order valence-electron chi connectivity index (χ1n) is 8.89. The fraction of sp³-hybridized carbons (Fsp3) is 0.545. The molecule has 0 nitrogen and oxygen atoms in total. The van der Waals surface area contributed by atoms with Crippen molar-refractivity contribution in [2.45, 2.75) is 54.4 Å². The minimum absolute atomic E-state index is 0.493. The molecule has 2 atom stereocenters. The number of thioether (sulfide) groups is 1. The number of hydrogen-bond acceptors (Lipinski definition) is 1. The van der Waals surface area contributed by atoms with Gasteiger partial charge >= 0.3 is 0 Å². The molecule has 0 aromatic rings. The lowest BCUT2D eigenvalue weighted by Crippen LogP contribution is -2.13. The Morgan fingerprint density at radius 3 is 2.39 bits per heavy atom. The smallest absolute Gasteiger partial charge is 0.00575 e. The standard InChI is InChI=1S/C22H34S/c1-9-19(11-15(3)4)22(14-18(7)23-8)20(10-2)21-13-16(5)12-17(21)6/h11-15,17,20H,7,9-10H2,1-6,8H3/b19-11+,22-14-. The van der Waals surface area contributed by atoms with E-state index in [2.05, 4.69) is 78.7 Å². The molecule has 0 N–H and O–H groups in total. The summed E-state index contributed by atoms with van der Waals surface area (Å²) in [5.74, 6) is 1.61. The van der Waals surface area contributed by atoms with Gasteiger partial charge in [-0.1, -0.05) is 70.6 Å². The lowest BCUT2D eigenvalue weighted by Gasteiger charge is -2.26. The van der Waals surface area contributed by atoms with Crippen molar-refractivity contribution in [3.05, 3.63) is 58.1 Å². The van der Waals surface area contributed by atoms with Crippen molar-refractivity contribution in [2.75, 3.05) is 6.26 Å². The van der Waals surface area contributed by atoms with E-state index in [1.54, 1.807) is 17.3 Å². The summed E-state index contributed by atoms with van der Waals surface area (Å²) in [4.78, 5) is 1.15. The molecule has 0 heterocycles. The predicted molar refractivity (Wildman–Crippen MR) is 109 cm³/mol. The zero-order valence-electron chi connectivity index (χ0n) is 16.1. The average Bonchev–Trinajstić information content (AvgIpc) is 2.82. The van der Waals surface area contributed by atoms with Gasteiger partial charge in [0.15, 0.2) is 0 Å². The number of hydrogen-bond donors (Lipinski definition) is 0. The van der Waals surface area contributed by atoms with Crippen LogP contribution in [0.15, 0.2) is 58.1 Å². The van der Waals surface area contributed by atoms with E-state index in [1.807, 2.05) is 0 Å². The summed E-state index contributed by atoms with van der Waals surface area (Å²) in [5, 5.41) is 0. The monoisotopic (exact) mass is 330 g/mol. The van der Waals surface area contributed by atoms with Crippen LogP contribution in [0.5, 0.6) is 0 Å². The molecule has 0 aromatic carbocycles. The Bertz CT molecular complexity index is 540. The van der Waals surface area contributed by atoms with Gasteiger partial charge in [0.2, 0.25) is 0 Å². The summed E-state index contributed by atoms with van der Waals surface area (Å²) in [6, 6.07) is 0. The molecular weight excluding hydrogens is 296 g/mol. The van der Waals surface area contributed by atoms with Crippen LogP contribution in [0.1, 0.15) is 54.4 Å². The molecule has 1 heteroatoms. The zero-order chi connectivity index (χ0) is 17.6. The lowest BCUT2D eigenvalue weighted by molar-refractivity contribution is 0.622. The van der Waals surface area contributed by atoms with E-state index in [-0.39, 0.29) is 0 Å². The molecule has 0 fully saturated rings. The van der Waals surface area contributed by atoms with Gasteiger partial charge in [-0.2, -0.15) is 0 Å². The topological polar surface area (TPSA) is 0 Å². The van der Waals surface area contributed by atoms with Gasteiger partial charge in [-0.15, -0.1) is 11.8 Å². The SMILES string of the molecule is C=C(/C=C(/C(=C/C(C)C)CC)C(CC)C1=CC(C)=CC1C)SC. The Balaban J connectivity index is 3.35. The van der Waals surface area contributed by atoms with Gasteiger partial charge in [-0.3, -0.25) is 0 Å². The molecule has 0 spiro atoms. The van der Waals surface area contributed by atoms with Crippen LogP contribution in [0.25, 0.3) is 0 Å². The molecule has 2 unspecified atom stereocenters. The fourth-order valence-corrected chi connectivity index (χ4v) is 3.70. The van der Waals surface area contributed by atoms with Gasteiger partial charge in [0.05, 0.1) is 0 Å². The first-order chi connectivity index (χ1) is 10.8. The quantitative estimate of drug-likeness (QED) is 0.420. The third-order valence-electron chi connectivity index (χ3n) is 4.48. The average molecular weight is 331 g/mol. The highest BCUT2D eigenvalue weighted by molar-refractivity contribution is 8.02. The van der Waals surface area contributed by atoms with Crippen LogP contribution in [-0.2, 0) is 0 Å². The highest BCUT2D eigenvalue weighted by atomic mass is 32.2. The normalized spacial score (nSPS) is 20.6. The molecule has 0 saturated heterocycles. The van der Waals surface area contributed by atoms with E-state index >= 15 is 0 Å². The second-order valence-corrected chi connectivity index (χ2v) is 7.80. The molecular formula is C22H34S. The molecule has 0 aromatic heterocycles. The molecule has 0 bridgehead atoms. The summed E-state index contributed by atoms with van der Waals surface area (Å²) < 4.78 is 0. The first kappa shape index (κ1) is 20.1. The highest BCUT2D eigenvalue weighted by Gasteiger charge is 2.25. The van der Waals surface area contributed by atoms with Gasteiger partial charge in [0.25, 0.3) is 0 Å². The molecule has 128 valence electrons. The summed E-state index contributed by atoms with van der Waals surface area (Å²) in [6.07, 6.45) is 13.9. The molecule has 0 amide bonds. The maximum Gasteiger partial charge on any atom is 0.00575 e. The van der Waals surface area contributed by atoms with Crippen LogP contribution < -0.4 is 0 Å². The van der Waals surface area contributed by atoms with E-state index in [0.717, 1.165) is 17.7 Å². The van der Waals surface area contributed by atoms with Gasteiger partial charge in [-0.05, 0) is 55.1 Å². The summed E-state index contributed by atoms with van der Waals surface area (Å²) in [7, 11) is 0. The van der Waals surface area contributed by atoms with E-state index in [0.29, 0.717) is 17.8 Å². The molecule has 1 aliphatic rings. The minimum Gasteiger partial charge on any atom is -0.130 e. The molecule has 23 heavy (non-hydrogen) atoms. The maximum atomic E-state index is 4.21. The molecule has 0 aliphatic heterocycles. The Hall–Kier alpha value is -0.950. The molecule has 0 radical (unpaired) electrons. The fourth-order valence-electron chi connectivity index (χ4n) is 3.46. The molecule has 1 aliphatic carbocycles. The van der Waals surface area contributed by atoms with Crippen LogP contribution in [0.4, 0.5) is 0 Å². The Kier molecular flexibility index (Phi) is 8.19. The molecule has 0 saturated carbocycles. The second kappa shape index (κ2) is 9.37. The van der Waals surface area contributed by atoms with Crippen LogP contribution in [0.3, 0.4) is 0 Å². The van der Waals surface area contributed by atoms with Gasteiger partial charge < -0.3 is 0 Å². The van der Waals surface area contributed by atoms with E-state index in [1.165, 1.54) is 16.7 Å². The number of allylic oxidation sites excluding steroid dienone is 8. The third kappa shape index (κ3) is 5.57. The number of rotatable bonds is 8. The van der Waals surface area contributed by atoms with Crippen LogP contribution in [-0.4, -0.2) is 6.26 Å². The summed E-state index contributed by atoms with van der Waals surface area (Å²) in [6.45, 7) is 17.9. The largest absolute Gasteiger partial charge is 0.130 e. The predicted octanol–water partition coefficient (Wildman–Crippen LogP) is 7.33. The van der Waals surface area contributed by atoms with Crippen molar-refractivity contribution in [3.8, 4) is 0 Å². The van der Waals surface area contributed by atoms with Gasteiger partial charge in [-0.25, -0.2) is 0 Å². The lowest BCUT2D eigenvalue weighted by atomic mass is 9.79. The van der Waals surface area contributed by atoms with Crippen molar-refractivity contribution in [1.29, 1.82) is 0 Å². The van der Waals surface area contributed by atoms with E-state index in [9.17, 15) is 0 Å². The van der Waals surface area contributed by atoms with Crippen molar-refractivity contribution >= 4 is 11.8 Å². The Morgan fingerprint density at radius 1 is 1.35 bits per heavy atom. The van der Waals surface area contributed by atoms with Gasteiger partial charge in [0.1, 0.15) is 0 Å². The maximum absolute atomic E-state index is 4.21. The van der Waals surface area contributed by atoms with Crippen LogP contribution in [0.2, 0.25) is 0 Å². The summed E-state index contributed by atoms with van der Waals surface area (Å²) >= 11 is 1.74. The first-order valence-corrected chi connectivity index (χ1v) is 10.1. The zero-order valence-corrected chi connectivity index (χ0v) is 16.9. The van der Waals surface area contributed by atoms with Crippen molar-refractivity contribution in [3.63, 3.8) is 0 Å². The van der Waals surface area contributed by atoms with E-state index < -0.39 is 0 Å². The Morgan fingerprint density at radius 2 is 2.00 bits per heavy atom.